The molecule has 0 radical (unpaired) electrons. The van der Waals surface area contributed by atoms with E-state index in [0.29, 0.717) is 12.2 Å². The number of benzene rings is 1. The van der Waals surface area contributed by atoms with Crippen molar-refractivity contribution in [2.75, 3.05) is 6.61 Å². The topological polar surface area (TPSA) is 26.3 Å². The van der Waals surface area contributed by atoms with E-state index in [2.05, 4.69) is 0 Å². The number of hydrogen-bond acceptors (Lipinski definition) is 2. The van der Waals surface area contributed by atoms with Gasteiger partial charge in [-0.25, -0.2) is 0 Å². The van der Waals surface area contributed by atoms with E-state index in [4.69, 9.17) is 27.9 Å². The SMILES string of the molecule is CCCCOC(=O)CC(=C(Cl)Cl)c1ccccc1. The lowest BCUT2D eigenvalue weighted by Crippen LogP contribution is -2.06. The number of ether oxygens (including phenoxy) is 1. The van der Waals surface area contributed by atoms with Gasteiger partial charge in [0.05, 0.1) is 13.0 Å². The first-order chi connectivity index (χ1) is 8.65. The van der Waals surface area contributed by atoms with Gasteiger partial charge in [-0.15, -0.1) is 0 Å². The summed E-state index contributed by atoms with van der Waals surface area (Å²) in [6.07, 6.45) is 1.95. The number of carbonyl (C=O) groups excluding carboxylic acids is 1. The van der Waals surface area contributed by atoms with E-state index in [1.165, 1.54) is 0 Å². The van der Waals surface area contributed by atoms with Crippen LogP contribution < -0.4 is 0 Å². The molecule has 0 bridgehead atoms. The van der Waals surface area contributed by atoms with E-state index < -0.39 is 0 Å². The molecule has 0 aromatic heterocycles. The van der Waals surface area contributed by atoms with Gasteiger partial charge in [-0.2, -0.15) is 0 Å². The van der Waals surface area contributed by atoms with E-state index in [9.17, 15) is 4.79 Å². The highest BCUT2D eigenvalue weighted by molar-refractivity contribution is 6.58. The Labute approximate surface area is 118 Å². The standard InChI is InChI=1S/C14H16Cl2O2/c1-2-3-9-18-13(17)10-12(14(15)16)11-7-5-4-6-8-11/h4-8H,2-3,9-10H2,1H3. The minimum absolute atomic E-state index is 0.0933. The molecule has 0 atom stereocenters. The van der Waals surface area contributed by atoms with Crippen molar-refractivity contribution in [3.8, 4) is 0 Å². The Bertz CT molecular complexity index is 409. The largest absolute Gasteiger partial charge is 0.465 e. The van der Waals surface area contributed by atoms with Crippen LogP contribution in [0.15, 0.2) is 34.8 Å². The van der Waals surface area contributed by atoms with Crippen LogP contribution in [-0.4, -0.2) is 12.6 Å². The van der Waals surface area contributed by atoms with Gasteiger partial charge in [0.15, 0.2) is 0 Å². The number of esters is 1. The van der Waals surface area contributed by atoms with Crippen LogP contribution in [0.25, 0.3) is 5.57 Å². The van der Waals surface area contributed by atoms with Crippen molar-refractivity contribution in [2.24, 2.45) is 0 Å². The third-order valence-electron chi connectivity index (χ3n) is 2.43. The van der Waals surface area contributed by atoms with Crippen molar-refractivity contribution < 1.29 is 9.53 Å². The normalized spacial score (nSPS) is 9.94. The van der Waals surface area contributed by atoms with Gasteiger partial charge in [0.2, 0.25) is 0 Å². The molecular weight excluding hydrogens is 271 g/mol. The first-order valence-corrected chi connectivity index (χ1v) is 6.66. The van der Waals surface area contributed by atoms with Crippen molar-refractivity contribution in [3.05, 3.63) is 40.4 Å². The third kappa shape index (κ3) is 5.11. The zero-order valence-electron chi connectivity index (χ0n) is 10.3. The predicted molar refractivity (Wildman–Crippen MR) is 75.6 cm³/mol. The molecule has 1 aromatic rings. The highest BCUT2D eigenvalue weighted by atomic mass is 35.5. The van der Waals surface area contributed by atoms with Crippen LogP contribution in [0.5, 0.6) is 0 Å². The van der Waals surface area contributed by atoms with Gasteiger partial charge in [0.25, 0.3) is 0 Å². The summed E-state index contributed by atoms with van der Waals surface area (Å²) < 4.78 is 5.20. The molecule has 0 N–H and O–H groups in total. The van der Waals surface area contributed by atoms with Crippen molar-refractivity contribution >= 4 is 34.7 Å². The summed E-state index contributed by atoms with van der Waals surface area (Å²) >= 11 is 11.6. The minimum Gasteiger partial charge on any atom is -0.465 e. The zero-order chi connectivity index (χ0) is 13.4. The van der Waals surface area contributed by atoms with Crippen molar-refractivity contribution in [1.29, 1.82) is 0 Å². The van der Waals surface area contributed by atoms with Crippen LogP contribution in [0, 0.1) is 0 Å². The molecule has 0 unspecified atom stereocenters. The van der Waals surface area contributed by atoms with E-state index in [0.717, 1.165) is 18.4 Å². The third-order valence-corrected chi connectivity index (χ3v) is 2.89. The molecule has 2 nitrogen and oxygen atoms in total. The molecule has 0 amide bonds. The van der Waals surface area contributed by atoms with Gasteiger partial charge in [-0.05, 0) is 12.0 Å². The second-order valence-electron chi connectivity index (χ2n) is 3.86. The monoisotopic (exact) mass is 286 g/mol. The summed E-state index contributed by atoms with van der Waals surface area (Å²) in [4.78, 5) is 11.6. The molecule has 4 heteroatoms. The fraction of sp³-hybridized carbons (Fsp3) is 0.357. The molecule has 18 heavy (non-hydrogen) atoms. The van der Waals surface area contributed by atoms with Crippen LogP contribution >= 0.6 is 23.2 Å². The Morgan fingerprint density at radius 3 is 2.44 bits per heavy atom. The quantitative estimate of drug-likeness (QED) is 0.566. The lowest BCUT2D eigenvalue weighted by Gasteiger charge is -2.08. The number of halogens is 2. The molecule has 0 aliphatic carbocycles. The summed E-state index contributed by atoms with van der Waals surface area (Å²) in [6, 6.07) is 9.35. The average molecular weight is 287 g/mol. The van der Waals surface area contributed by atoms with Crippen molar-refractivity contribution in [3.63, 3.8) is 0 Å². The molecule has 1 rings (SSSR count). The number of carbonyl (C=O) groups is 1. The summed E-state index contributed by atoms with van der Waals surface area (Å²) in [5, 5.41) is 0. The average Bonchev–Trinajstić information content (AvgIpc) is 2.37. The lowest BCUT2D eigenvalue weighted by atomic mass is 10.1. The summed E-state index contributed by atoms with van der Waals surface area (Å²) in [6.45, 7) is 2.48. The number of rotatable bonds is 6. The fourth-order valence-electron chi connectivity index (χ4n) is 1.44. The van der Waals surface area contributed by atoms with Crippen LogP contribution in [0.1, 0.15) is 31.7 Å². The van der Waals surface area contributed by atoms with Crippen molar-refractivity contribution in [2.45, 2.75) is 26.2 Å². The van der Waals surface area contributed by atoms with E-state index in [-0.39, 0.29) is 16.9 Å². The van der Waals surface area contributed by atoms with Crippen LogP contribution in [0.2, 0.25) is 0 Å². The maximum absolute atomic E-state index is 11.6. The van der Waals surface area contributed by atoms with E-state index in [1.54, 1.807) is 0 Å². The smallest absolute Gasteiger partial charge is 0.310 e. The Hall–Kier alpha value is -0.990. The molecular formula is C14H16Cl2O2. The van der Waals surface area contributed by atoms with Crippen molar-refractivity contribution in [1.82, 2.24) is 0 Å². The minimum atomic E-state index is -0.305. The van der Waals surface area contributed by atoms with Gasteiger partial charge in [0, 0.05) is 5.57 Å². The molecule has 0 saturated heterocycles. The van der Waals surface area contributed by atoms with Crippen LogP contribution in [0.3, 0.4) is 0 Å². The van der Waals surface area contributed by atoms with E-state index >= 15 is 0 Å². The molecule has 1 aromatic carbocycles. The summed E-state index contributed by atoms with van der Waals surface area (Å²) in [7, 11) is 0. The highest BCUT2D eigenvalue weighted by Crippen LogP contribution is 2.27. The predicted octanol–water partition coefficient (Wildman–Crippen LogP) is 4.57. The molecule has 0 spiro atoms. The van der Waals surface area contributed by atoms with Gasteiger partial charge < -0.3 is 4.74 Å². The highest BCUT2D eigenvalue weighted by Gasteiger charge is 2.12. The molecule has 0 fully saturated rings. The van der Waals surface area contributed by atoms with E-state index in [1.807, 2.05) is 37.3 Å². The second kappa shape index (κ2) is 8.17. The van der Waals surface area contributed by atoms with Gasteiger partial charge in [-0.3, -0.25) is 4.79 Å². The first-order valence-electron chi connectivity index (χ1n) is 5.90. The zero-order valence-corrected chi connectivity index (χ0v) is 11.8. The molecule has 0 aliphatic rings. The number of hydrogen-bond donors (Lipinski definition) is 0. The Morgan fingerprint density at radius 1 is 1.22 bits per heavy atom. The van der Waals surface area contributed by atoms with Gasteiger partial charge >= 0.3 is 5.97 Å². The summed E-state index contributed by atoms with van der Waals surface area (Å²) in [5.74, 6) is -0.305. The maximum atomic E-state index is 11.6. The number of unbranched alkanes of at least 4 members (excludes halogenated alkanes) is 1. The molecule has 98 valence electrons. The van der Waals surface area contributed by atoms with Gasteiger partial charge in [0.1, 0.15) is 4.49 Å². The Morgan fingerprint density at radius 2 is 1.89 bits per heavy atom. The fourth-order valence-corrected chi connectivity index (χ4v) is 1.79. The second-order valence-corrected chi connectivity index (χ2v) is 4.81. The molecule has 0 saturated carbocycles. The molecule has 0 heterocycles. The van der Waals surface area contributed by atoms with Gasteiger partial charge in [-0.1, -0.05) is 66.9 Å². The Balaban J connectivity index is 2.67. The van der Waals surface area contributed by atoms with Crippen LogP contribution in [-0.2, 0) is 9.53 Å². The maximum Gasteiger partial charge on any atom is 0.310 e. The van der Waals surface area contributed by atoms with Crippen LogP contribution in [0.4, 0.5) is 0 Å². The lowest BCUT2D eigenvalue weighted by molar-refractivity contribution is -0.142. The first kappa shape index (κ1) is 15.1. The Kier molecular flexibility index (Phi) is 6.84. The summed E-state index contributed by atoms with van der Waals surface area (Å²) in [5.41, 5.74) is 1.44. The molecule has 0 aliphatic heterocycles.